The van der Waals surface area contributed by atoms with Gasteiger partial charge < -0.3 is 5.32 Å². The Labute approximate surface area is 132 Å². The second-order valence-corrected chi connectivity index (χ2v) is 6.05. The highest BCUT2D eigenvalue weighted by Crippen LogP contribution is 2.28. The molecule has 0 bridgehead atoms. The van der Waals surface area contributed by atoms with Crippen LogP contribution >= 0.6 is 27.5 Å². The van der Waals surface area contributed by atoms with Crippen LogP contribution < -0.4 is 5.32 Å². The second kappa shape index (κ2) is 6.70. The Hall–Kier alpha value is -0.900. The lowest BCUT2D eigenvalue weighted by Gasteiger charge is -2.20. The zero-order valence-electron chi connectivity index (χ0n) is 11.4. The molecule has 0 aliphatic rings. The van der Waals surface area contributed by atoms with Gasteiger partial charge in [0.05, 0.1) is 5.02 Å². The molecule has 0 heterocycles. The summed E-state index contributed by atoms with van der Waals surface area (Å²) in [7, 11) is 1.90. The van der Waals surface area contributed by atoms with E-state index in [1.165, 1.54) is 17.2 Å². The summed E-state index contributed by atoms with van der Waals surface area (Å²) < 4.78 is 14.6. The molecule has 0 amide bonds. The number of benzene rings is 2. The zero-order valence-corrected chi connectivity index (χ0v) is 13.7. The lowest BCUT2D eigenvalue weighted by atomic mass is 9.95. The quantitative estimate of drug-likeness (QED) is 0.808. The molecule has 1 atom stereocenters. The molecule has 0 radical (unpaired) electrons. The Morgan fingerprint density at radius 1 is 1.30 bits per heavy atom. The predicted molar refractivity (Wildman–Crippen MR) is 85.8 cm³/mol. The van der Waals surface area contributed by atoms with Gasteiger partial charge in [-0.3, -0.25) is 0 Å². The smallest absolute Gasteiger partial charge is 0.142 e. The molecule has 4 heteroatoms. The average Bonchev–Trinajstić information content (AvgIpc) is 2.43. The molecule has 1 unspecified atom stereocenters. The molecule has 0 aliphatic heterocycles. The van der Waals surface area contributed by atoms with Crippen molar-refractivity contribution in [2.24, 2.45) is 0 Å². The molecule has 0 saturated heterocycles. The molecule has 2 rings (SSSR count). The summed E-state index contributed by atoms with van der Waals surface area (Å²) in [5, 5.41) is 3.49. The summed E-state index contributed by atoms with van der Waals surface area (Å²) in [5.41, 5.74) is 3.19. The summed E-state index contributed by atoms with van der Waals surface area (Å²) >= 11 is 9.53. The average molecular weight is 357 g/mol. The van der Waals surface area contributed by atoms with E-state index in [2.05, 4.69) is 40.3 Å². The first-order chi connectivity index (χ1) is 9.52. The molecule has 1 N–H and O–H groups in total. The lowest BCUT2D eigenvalue weighted by molar-refractivity contribution is 0.581. The normalized spacial score (nSPS) is 12.4. The number of rotatable bonds is 4. The van der Waals surface area contributed by atoms with Crippen molar-refractivity contribution in [2.75, 3.05) is 7.05 Å². The summed E-state index contributed by atoms with van der Waals surface area (Å²) in [6.45, 7) is 2.07. The lowest BCUT2D eigenvalue weighted by Crippen LogP contribution is -2.20. The standard InChI is InChI=1S/C16H16BrClFN/c1-10-6-7-12(17)9-13(10)15(20-2)8-11-4-3-5-14(19)16(11)18/h3-7,9,15,20H,8H2,1-2H3. The van der Waals surface area contributed by atoms with Gasteiger partial charge in [-0.25, -0.2) is 4.39 Å². The van der Waals surface area contributed by atoms with E-state index < -0.39 is 0 Å². The molecule has 2 aromatic rings. The van der Waals surface area contributed by atoms with Crippen LogP contribution in [0.1, 0.15) is 22.7 Å². The highest BCUT2D eigenvalue weighted by Gasteiger charge is 2.16. The third-order valence-corrected chi connectivity index (χ3v) is 4.34. The van der Waals surface area contributed by atoms with E-state index in [4.69, 9.17) is 11.6 Å². The van der Waals surface area contributed by atoms with Gasteiger partial charge in [0, 0.05) is 10.5 Å². The molecule has 0 spiro atoms. The van der Waals surface area contributed by atoms with Crippen LogP contribution in [0, 0.1) is 12.7 Å². The molecular formula is C16H16BrClFN. The van der Waals surface area contributed by atoms with Gasteiger partial charge in [-0.1, -0.05) is 45.7 Å². The van der Waals surface area contributed by atoms with E-state index in [-0.39, 0.29) is 16.9 Å². The minimum Gasteiger partial charge on any atom is -0.313 e. The molecule has 0 saturated carbocycles. The number of hydrogen-bond acceptors (Lipinski definition) is 1. The largest absolute Gasteiger partial charge is 0.313 e. The first kappa shape index (κ1) is 15.5. The molecule has 0 aliphatic carbocycles. The van der Waals surface area contributed by atoms with E-state index in [0.717, 1.165) is 10.0 Å². The van der Waals surface area contributed by atoms with Crippen molar-refractivity contribution in [2.45, 2.75) is 19.4 Å². The highest BCUT2D eigenvalue weighted by atomic mass is 79.9. The number of nitrogens with one attached hydrogen (secondary N) is 1. The molecule has 0 aromatic heterocycles. The van der Waals surface area contributed by atoms with Gasteiger partial charge in [-0.2, -0.15) is 0 Å². The third-order valence-electron chi connectivity index (χ3n) is 3.42. The van der Waals surface area contributed by atoms with Gasteiger partial charge in [0.25, 0.3) is 0 Å². The van der Waals surface area contributed by atoms with Gasteiger partial charge in [0.1, 0.15) is 5.82 Å². The fourth-order valence-electron chi connectivity index (χ4n) is 2.28. The van der Waals surface area contributed by atoms with Crippen LogP contribution in [0.15, 0.2) is 40.9 Å². The Bertz CT molecular complexity index is 615. The molecule has 2 aromatic carbocycles. The minimum atomic E-state index is -0.370. The number of aryl methyl sites for hydroxylation is 1. The van der Waals surface area contributed by atoms with Crippen LogP contribution in [0.4, 0.5) is 4.39 Å². The van der Waals surface area contributed by atoms with Gasteiger partial charge >= 0.3 is 0 Å². The first-order valence-electron chi connectivity index (χ1n) is 6.39. The maximum Gasteiger partial charge on any atom is 0.142 e. The third kappa shape index (κ3) is 3.40. The molecule has 20 heavy (non-hydrogen) atoms. The summed E-state index contributed by atoms with van der Waals surface area (Å²) in [4.78, 5) is 0. The zero-order chi connectivity index (χ0) is 14.7. The van der Waals surface area contributed by atoms with Crippen LogP contribution in [0.25, 0.3) is 0 Å². The van der Waals surface area contributed by atoms with Crippen LogP contribution in [0.5, 0.6) is 0 Å². The van der Waals surface area contributed by atoms with Crippen LogP contribution in [-0.4, -0.2) is 7.05 Å². The molecular weight excluding hydrogens is 341 g/mol. The fourth-order valence-corrected chi connectivity index (χ4v) is 2.86. The molecule has 1 nitrogen and oxygen atoms in total. The van der Waals surface area contributed by atoms with Gasteiger partial charge in [0.15, 0.2) is 0 Å². The van der Waals surface area contributed by atoms with E-state index in [9.17, 15) is 4.39 Å². The van der Waals surface area contributed by atoms with E-state index in [1.54, 1.807) is 6.07 Å². The van der Waals surface area contributed by atoms with Gasteiger partial charge in [0.2, 0.25) is 0 Å². The van der Waals surface area contributed by atoms with Crippen LogP contribution in [0.2, 0.25) is 5.02 Å². The monoisotopic (exact) mass is 355 g/mol. The topological polar surface area (TPSA) is 12.0 Å². The van der Waals surface area contributed by atoms with Crippen molar-refractivity contribution < 1.29 is 4.39 Å². The highest BCUT2D eigenvalue weighted by molar-refractivity contribution is 9.10. The summed E-state index contributed by atoms with van der Waals surface area (Å²) in [6.07, 6.45) is 0.643. The second-order valence-electron chi connectivity index (χ2n) is 4.76. The van der Waals surface area contributed by atoms with E-state index in [0.29, 0.717) is 6.42 Å². The fraction of sp³-hybridized carbons (Fsp3) is 0.250. The van der Waals surface area contributed by atoms with Gasteiger partial charge in [-0.05, 0) is 55.3 Å². The molecule has 106 valence electrons. The van der Waals surface area contributed by atoms with Crippen LogP contribution in [-0.2, 0) is 6.42 Å². The molecule has 0 fully saturated rings. The maximum atomic E-state index is 13.5. The van der Waals surface area contributed by atoms with E-state index >= 15 is 0 Å². The predicted octanol–water partition coefficient (Wildman–Crippen LogP) is 5.05. The van der Waals surface area contributed by atoms with Crippen molar-refractivity contribution in [3.63, 3.8) is 0 Å². The van der Waals surface area contributed by atoms with E-state index in [1.807, 2.05) is 19.2 Å². The number of hydrogen-bond donors (Lipinski definition) is 1. The van der Waals surface area contributed by atoms with Crippen molar-refractivity contribution >= 4 is 27.5 Å². The Morgan fingerprint density at radius 3 is 2.75 bits per heavy atom. The summed E-state index contributed by atoms with van der Waals surface area (Å²) in [6, 6.07) is 11.2. The summed E-state index contributed by atoms with van der Waals surface area (Å²) in [5.74, 6) is -0.370. The van der Waals surface area contributed by atoms with Crippen molar-refractivity contribution in [3.05, 3.63) is 68.4 Å². The van der Waals surface area contributed by atoms with Crippen LogP contribution in [0.3, 0.4) is 0 Å². The Balaban J connectivity index is 2.34. The van der Waals surface area contributed by atoms with Crippen molar-refractivity contribution in [1.82, 2.24) is 5.32 Å². The Morgan fingerprint density at radius 2 is 2.05 bits per heavy atom. The van der Waals surface area contributed by atoms with Crippen molar-refractivity contribution in [1.29, 1.82) is 0 Å². The number of halogens is 3. The Kier molecular flexibility index (Phi) is 5.19. The SMILES string of the molecule is CNC(Cc1cccc(F)c1Cl)c1cc(Br)ccc1C. The number of likely N-dealkylation sites (N-methyl/N-ethyl adjacent to an activating group) is 1. The minimum absolute atomic E-state index is 0.0896. The maximum absolute atomic E-state index is 13.5. The van der Waals surface area contributed by atoms with Gasteiger partial charge in [-0.15, -0.1) is 0 Å². The van der Waals surface area contributed by atoms with Crippen molar-refractivity contribution in [3.8, 4) is 0 Å². The first-order valence-corrected chi connectivity index (χ1v) is 7.56.